The van der Waals surface area contributed by atoms with Gasteiger partial charge in [-0.15, -0.1) is 0 Å². The van der Waals surface area contributed by atoms with Gasteiger partial charge < -0.3 is 24.8 Å². The Labute approximate surface area is 151 Å². The first kappa shape index (κ1) is 20.0. The zero-order valence-electron chi connectivity index (χ0n) is 14.0. The van der Waals surface area contributed by atoms with E-state index in [1.807, 2.05) is 6.92 Å². The van der Waals surface area contributed by atoms with Gasteiger partial charge in [-0.05, 0) is 48.7 Å². The molecule has 0 aromatic heterocycles. The van der Waals surface area contributed by atoms with Gasteiger partial charge in [-0.1, -0.05) is 12.1 Å². The summed E-state index contributed by atoms with van der Waals surface area (Å²) in [5.74, 6) is -0.241. The third kappa shape index (κ3) is 6.52. The minimum Gasteiger partial charge on any atom is -0.508 e. The van der Waals surface area contributed by atoms with Crippen molar-refractivity contribution in [3.05, 3.63) is 53.6 Å². The highest BCUT2D eigenvalue weighted by molar-refractivity contribution is 7.81. The number of nitrogens with one attached hydrogen (secondary N) is 1. The van der Waals surface area contributed by atoms with E-state index < -0.39 is 16.5 Å². The summed E-state index contributed by atoms with van der Waals surface area (Å²) in [4.78, 5) is 0. The molecule has 0 spiro atoms. The molecular formula is C17H21NO7S. The number of hydrogen-bond donors (Lipinski definition) is 5. The van der Waals surface area contributed by atoms with Crippen molar-refractivity contribution in [2.24, 2.45) is 0 Å². The molecule has 0 aliphatic rings. The first-order valence-corrected chi connectivity index (χ1v) is 9.19. The van der Waals surface area contributed by atoms with Gasteiger partial charge in [0.25, 0.3) is 0 Å². The van der Waals surface area contributed by atoms with Crippen LogP contribution in [0.1, 0.15) is 24.2 Å². The fourth-order valence-electron chi connectivity index (χ4n) is 2.47. The van der Waals surface area contributed by atoms with Crippen molar-refractivity contribution in [2.75, 3.05) is 6.54 Å². The van der Waals surface area contributed by atoms with Crippen molar-refractivity contribution >= 4 is 10.4 Å². The Kier molecular flexibility index (Phi) is 6.43. The quantitative estimate of drug-likeness (QED) is 0.433. The van der Waals surface area contributed by atoms with E-state index in [4.69, 9.17) is 4.55 Å². The molecule has 0 heterocycles. The van der Waals surface area contributed by atoms with Gasteiger partial charge in [-0.2, -0.15) is 8.42 Å². The van der Waals surface area contributed by atoms with Crippen LogP contribution in [-0.2, 0) is 16.8 Å². The first-order chi connectivity index (χ1) is 12.1. The second-order valence-corrected chi connectivity index (χ2v) is 6.99. The lowest BCUT2D eigenvalue weighted by molar-refractivity contribution is 0.170. The number of aliphatic hydroxyl groups excluding tert-OH is 1. The van der Waals surface area contributed by atoms with Gasteiger partial charge in [-0.3, -0.25) is 4.55 Å². The Morgan fingerprint density at radius 2 is 1.65 bits per heavy atom. The molecule has 0 unspecified atom stereocenters. The summed E-state index contributed by atoms with van der Waals surface area (Å²) in [5.41, 5.74) is 1.30. The second kappa shape index (κ2) is 8.37. The summed E-state index contributed by atoms with van der Waals surface area (Å²) >= 11 is 0. The molecule has 2 atom stereocenters. The molecule has 0 saturated heterocycles. The van der Waals surface area contributed by atoms with Crippen molar-refractivity contribution in [1.82, 2.24) is 5.32 Å². The molecule has 9 heteroatoms. The fourth-order valence-corrected chi connectivity index (χ4v) is 2.82. The van der Waals surface area contributed by atoms with Gasteiger partial charge in [0.05, 0.1) is 6.10 Å². The highest BCUT2D eigenvalue weighted by atomic mass is 32.3. The third-order valence-electron chi connectivity index (χ3n) is 3.64. The van der Waals surface area contributed by atoms with Crippen LogP contribution in [0.4, 0.5) is 0 Å². The molecule has 2 rings (SSSR count). The molecule has 26 heavy (non-hydrogen) atoms. The molecule has 0 saturated carbocycles. The lowest BCUT2D eigenvalue weighted by Gasteiger charge is -2.18. The summed E-state index contributed by atoms with van der Waals surface area (Å²) in [7, 11) is -4.54. The number of rotatable bonds is 8. The molecule has 0 aliphatic heterocycles. The van der Waals surface area contributed by atoms with E-state index in [2.05, 4.69) is 9.50 Å². The van der Waals surface area contributed by atoms with E-state index in [0.717, 1.165) is 5.56 Å². The van der Waals surface area contributed by atoms with Gasteiger partial charge in [0.15, 0.2) is 0 Å². The summed E-state index contributed by atoms with van der Waals surface area (Å²) in [6.45, 7) is 2.13. The van der Waals surface area contributed by atoms with Crippen molar-refractivity contribution in [1.29, 1.82) is 0 Å². The molecule has 8 nitrogen and oxygen atoms in total. The Morgan fingerprint density at radius 3 is 2.19 bits per heavy atom. The van der Waals surface area contributed by atoms with Crippen molar-refractivity contribution in [3.63, 3.8) is 0 Å². The molecule has 0 radical (unpaired) electrons. The molecule has 0 amide bonds. The summed E-state index contributed by atoms with van der Waals surface area (Å²) in [5, 5.41) is 32.2. The zero-order valence-corrected chi connectivity index (χ0v) is 14.8. The number of phenolic OH excluding ortho intramolecular Hbond substituents is 2. The number of hydrogen-bond acceptors (Lipinski definition) is 7. The fraction of sp³-hybridized carbons (Fsp3) is 0.294. The SMILES string of the molecule is C[C@H](Cc1ccc(OS(=O)(=O)O)cc1)NC[C@H](O)c1cc(O)cc(O)c1. The molecule has 5 N–H and O–H groups in total. The van der Waals surface area contributed by atoms with Crippen LogP contribution in [-0.4, -0.2) is 40.9 Å². The first-order valence-electron chi connectivity index (χ1n) is 7.82. The van der Waals surface area contributed by atoms with Gasteiger partial charge >= 0.3 is 10.4 Å². The van der Waals surface area contributed by atoms with E-state index in [1.165, 1.54) is 30.3 Å². The Balaban J connectivity index is 1.87. The topological polar surface area (TPSA) is 136 Å². The minimum absolute atomic E-state index is 0.0102. The van der Waals surface area contributed by atoms with Crippen LogP contribution in [0, 0.1) is 0 Å². The Hall–Kier alpha value is -2.33. The lowest BCUT2D eigenvalue weighted by Crippen LogP contribution is -2.32. The Bertz CT molecular complexity index is 816. The lowest BCUT2D eigenvalue weighted by atomic mass is 10.1. The highest BCUT2D eigenvalue weighted by Crippen LogP contribution is 2.24. The third-order valence-corrected chi connectivity index (χ3v) is 4.04. The summed E-state index contributed by atoms with van der Waals surface area (Å²) in [6, 6.07) is 10.1. The van der Waals surface area contributed by atoms with Crippen molar-refractivity contribution < 1.29 is 32.5 Å². The summed E-state index contributed by atoms with van der Waals surface area (Å²) in [6.07, 6.45) is -0.301. The van der Waals surface area contributed by atoms with Gasteiger partial charge in [0.2, 0.25) is 0 Å². The molecule has 0 bridgehead atoms. The van der Waals surface area contributed by atoms with E-state index in [1.54, 1.807) is 12.1 Å². The molecule has 2 aromatic rings. The predicted octanol–water partition coefficient (Wildman–Crippen LogP) is 1.53. The molecule has 0 aliphatic carbocycles. The van der Waals surface area contributed by atoms with Crippen LogP contribution in [0.3, 0.4) is 0 Å². The van der Waals surface area contributed by atoms with Crippen LogP contribution in [0.2, 0.25) is 0 Å². The van der Waals surface area contributed by atoms with E-state index in [-0.39, 0.29) is 29.8 Å². The van der Waals surface area contributed by atoms with Crippen LogP contribution in [0.15, 0.2) is 42.5 Å². The Morgan fingerprint density at radius 1 is 1.08 bits per heavy atom. The number of benzene rings is 2. The van der Waals surface area contributed by atoms with Crippen molar-refractivity contribution in [2.45, 2.75) is 25.5 Å². The largest absolute Gasteiger partial charge is 0.508 e. The average molecular weight is 383 g/mol. The zero-order chi connectivity index (χ0) is 19.3. The van der Waals surface area contributed by atoms with Crippen molar-refractivity contribution in [3.8, 4) is 17.2 Å². The monoisotopic (exact) mass is 383 g/mol. The predicted molar refractivity (Wildman–Crippen MR) is 94.5 cm³/mol. The molecule has 0 fully saturated rings. The van der Waals surface area contributed by atoms with E-state index in [0.29, 0.717) is 12.0 Å². The van der Waals surface area contributed by atoms with Crippen LogP contribution >= 0.6 is 0 Å². The van der Waals surface area contributed by atoms with E-state index >= 15 is 0 Å². The maximum atomic E-state index is 10.6. The van der Waals surface area contributed by atoms with E-state index in [9.17, 15) is 23.7 Å². The normalized spacial score (nSPS) is 14.0. The van der Waals surface area contributed by atoms with Gasteiger partial charge in [-0.25, -0.2) is 0 Å². The average Bonchev–Trinajstić information content (AvgIpc) is 2.52. The number of aliphatic hydroxyl groups is 1. The maximum Gasteiger partial charge on any atom is 0.446 e. The van der Waals surface area contributed by atoms with Crippen LogP contribution < -0.4 is 9.50 Å². The van der Waals surface area contributed by atoms with Crippen LogP contribution in [0.25, 0.3) is 0 Å². The molecular weight excluding hydrogens is 362 g/mol. The minimum atomic E-state index is -4.54. The molecule has 2 aromatic carbocycles. The number of phenols is 2. The standard InChI is InChI=1S/C17H21NO7S/c1-11(6-12-2-4-16(5-3-12)25-26(22,23)24)18-10-17(21)13-7-14(19)9-15(20)8-13/h2-5,7-9,11,17-21H,6,10H2,1H3,(H,22,23,24)/t11-,17+/m1/s1. The van der Waals surface area contributed by atoms with Gasteiger partial charge in [0, 0.05) is 18.7 Å². The highest BCUT2D eigenvalue weighted by Gasteiger charge is 2.12. The van der Waals surface area contributed by atoms with Crippen LogP contribution in [0.5, 0.6) is 17.2 Å². The maximum absolute atomic E-state index is 10.6. The number of aromatic hydroxyl groups is 2. The van der Waals surface area contributed by atoms with Gasteiger partial charge in [0.1, 0.15) is 17.2 Å². The summed E-state index contributed by atoms with van der Waals surface area (Å²) < 4.78 is 34.2. The smallest absolute Gasteiger partial charge is 0.446 e. The second-order valence-electron chi connectivity index (χ2n) is 5.97. The molecule has 142 valence electrons.